The summed E-state index contributed by atoms with van der Waals surface area (Å²) in [5.41, 5.74) is 1.12. The van der Waals surface area contributed by atoms with Gasteiger partial charge in [0.15, 0.2) is 0 Å². The molecule has 3 heteroatoms. The maximum atomic E-state index is 5.50. The second kappa shape index (κ2) is 4.23. The predicted molar refractivity (Wildman–Crippen MR) is 51.7 cm³/mol. The zero-order chi connectivity index (χ0) is 8.93. The quantitative estimate of drug-likeness (QED) is 0.764. The number of rotatable bonds is 3. The summed E-state index contributed by atoms with van der Waals surface area (Å²) in [6, 6.07) is 3.93. The van der Waals surface area contributed by atoms with Crippen molar-refractivity contribution in [3.63, 3.8) is 0 Å². The monoisotopic (exact) mass is 178 g/mol. The molecule has 1 aliphatic rings. The van der Waals surface area contributed by atoms with Gasteiger partial charge >= 0.3 is 0 Å². The van der Waals surface area contributed by atoms with Crippen LogP contribution in [0.5, 0.6) is 0 Å². The van der Waals surface area contributed by atoms with Gasteiger partial charge in [-0.05, 0) is 25.0 Å². The molecule has 70 valence electrons. The number of aromatic nitrogens is 1. The highest BCUT2D eigenvalue weighted by Crippen LogP contribution is 2.13. The first-order valence-corrected chi connectivity index (χ1v) is 4.70. The number of anilines is 1. The van der Waals surface area contributed by atoms with Crippen molar-refractivity contribution in [3.05, 3.63) is 24.5 Å². The number of ether oxygens (including phenoxy) is 1. The third-order valence-corrected chi connectivity index (χ3v) is 2.24. The van der Waals surface area contributed by atoms with Crippen LogP contribution in [-0.4, -0.2) is 24.2 Å². The predicted octanol–water partition coefficient (Wildman–Crippen LogP) is 1.67. The Hall–Kier alpha value is -1.09. The Kier molecular flexibility index (Phi) is 2.77. The van der Waals surface area contributed by atoms with Gasteiger partial charge in [0.1, 0.15) is 0 Å². The summed E-state index contributed by atoms with van der Waals surface area (Å²) < 4.78 is 5.50. The molecule has 1 N–H and O–H groups in total. The topological polar surface area (TPSA) is 34.1 Å². The maximum Gasteiger partial charge on any atom is 0.0748 e. The largest absolute Gasteiger partial charge is 0.382 e. The van der Waals surface area contributed by atoms with E-state index in [-0.39, 0.29) is 0 Å². The van der Waals surface area contributed by atoms with E-state index in [1.165, 1.54) is 12.8 Å². The van der Waals surface area contributed by atoms with Gasteiger partial charge in [-0.3, -0.25) is 4.98 Å². The Morgan fingerprint density at radius 2 is 2.31 bits per heavy atom. The summed E-state index contributed by atoms with van der Waals surface area (Å²) >= 11 is 0. The van der Waals surface area contributed by atoms with Crippen LogP contribution in [0.15, 0.2) is 24.5 Å². The molecule has 0 aliphatic carbocycles. The molecule has 13 heavy (non-hydrogen) atoms. The van der Waals surface area contributed by atoms with Gasteiger partial charge in [-0.2, -0.15) is 0 Å². The number of pyridine rings is 1. The summed E-state index contributed by atoms with van der Waals surface area (Å²) in [7, 11) is 0. The van der Waals surface area contributed by atoms with Crippen LogP contribution in [0.3, 0.4) is 0 Å². The van der Waals surface area contributed by atoms with Gasteiger partial charge in [-0.1, -0.05) is 0 Å². The van der Waals surface area contributed by atoms with Gasteiger partial charge in [-0.25, -0.2) is 0 Å². The molecule has 1 saturated heterocycles. The first-order valence-electron chi connectivity index (χ1n) is 4.70. The number of nitrogens with one attached hydrogen (secondary N) is 1. The molecule has 0 spiro atoms. The number of hydrogen-bond acceptors (Lipinski definition) is 3. The maximum absolute atomic E-state index is 5.50. The van der Waals surface area contributed by atoms with Crippen molar-refractivity contribution in [3.8, 4) is 0 Å². The van der Waals surface area contributed by atoms with Gasteiger partial charge < -0.3 is 10.1 Å². The highest BCUT2D eigenvalue weighted by molar-refractivity contribution is 5.40. The number of hydrogen-bond donors (Lipinski definition) is 1. The van der Waals surface area contributed by atoms with Gasteiger partial charge in [0.25, 0.3) is 0 Å². The second-order valence-corrected chi connectivity index (χ2v) is 3.25. The van der Waals surface area contributed by atoms with Crippen LogP contribution in [0.4, 0.5) is 5.69 Å². The average Bonchev–Trinajstić information content (AvgIpc) is 2.69. The molecular weight excluding hydrogens is 164 g/mol. The van der Waals surface area contributed by atoms with Gasteiger partial charge in [0.05, 0.1) is 6.10 Å². The molecule has 0 saturated carbocycles. The Morgan fingerprint density at radius 3 is 3.00 bits per heavy atom. The minimum Gasteiger partial charge on any atom is -0.382 e. The van der Waals surface area contributed by atoms with Crippen molar-refractivity contribution in [1.29, 1.82) is 0 Å². The molecule has 0 amide bonds. The zero-order valence-electron chi connectivity index (χ0n) is 7.57. The fourth-order valence-corrected chi connectivity index (χ4v) is 1.51. The molecule has 1 aromatic rings. The fraction of sp³-hybridized carbons (Fsp3) is 0.500. The van der Waals surface area contributed by atoms with E-state index in [4.69, 9.17) is 4.74 Å². The lowest BCUT2D eigenvalue weighted by molar-refractivity contribution is 0.120. The van der Waals surface area contributed by atoms with Crippen molar-refractivity contribution in [1.82, 2.24) is 4.98 Å². The van der Waals surface area contributed by atoms with Gasteiger partial charge in [0, 0.05) is 31.2 Å². The van der Waals surface area contributed by atoms with E-state index in [2.05, 4.69) is 10.3 Å². The van der Waals surface area contributed by atoms with Gasteiger partial charge in [-0.15, -0.1) is 0 Å². The molecule has 2 heterocycles. The zero-order valence-corrected chi connectivity index (χ0v) is 7.57. The summed E-state index contributed by atoms with van der Waals surface area (Å²) in [4.78, 5) is 3.95. The van der Waals surface area contributed by atoms with Crippen LogP contribution in [0.25, 0.3) is 0 Å². The van der Waals surface area contributed by atoms with Crippen LogP contribution in [-0.2, 0) is 4.74 Å². The van der Waals surface area contributed by atoms with Crippen molar-refractivity contribution in [2.24, 2.45) is 0 Å². The van der Waals surface area contributed by atoms with E-state index in [0.717, 1.165) is 18.8 Å². The molecule has 1 aliphatic heterocycles. The van der Waals surface area contributed by atoms with Crippen LogP contribution >= 0.6 is 0 Å². The summed E-state index contributed by atoms with van der Waals surface area (Å²) in [6.45, 7) is 1.83. The second-order valence-electron chi connectivity index (χ2n) is 3.25. The highest BCUT2D eigenvalue weighted by Gasteiger charge is 2.14. The van der Waals surface area contributed by atoms with Crippen LogP contribution in [0, 0.1) is 0 Å². The SMILES string of the molecule is c1cc(NC[C@@H]2CCCO2)ccn1. The standard InChI is InChI=1S/C10H14N2O/c1-2-10(13-7-1)8-12-9-3-5-11-6-4-9/h3-6,10H,1-2,7-8H2,(H,11,12)/t10-/m0/s1. The molecule has 0 unspecified atom stereocenters. The lowest BCUT2D eigenvalue weighted by atomic mass is 10.2. The van der Waals surface area contributed by atoms with Crippen molar-refractivity contribution in [2.45, 2.75) is 18.9 Å². The lowest BCUT2D eigenvalue weighted by Crippen LogP contribution is -2.18. The van der Waals surface area contributed by atoms with Crippen molar-refractivity contribution >= 4 is 5.69 Å². The Bertz CT molecular complexity index is 244. The molecule has 1 atom stereocenters. The Morgan fingerprint density at radius 1 is 1.46 bits per heavy atom. The molecule has 0 aromatic carbocycles. The Labute approximate surface area is 78.1 Å². The average molecular weight is 178 g/mol. The van der Waals surface area contributed by atoms with Gasteiger partial charge in [0.2, 0.25) is 0 Å². The Balaban J connectivity index is 1.79. The first kappa shape index (κ1) is 8.51. The number of nitrogens with zero attached hydrogens (tertiary/aromatic N) is 1. The van der Waals surface area contributed by atoms with Crippen LogP contribution in [0.2, 0.25) is 0 Å². The minimum absolute atomic E-state index is 0.396. The molecule has 1 fully saturated rings. The van der Waals surface area contributed by atoms with E-state index >= 15 is 0 Å². The fourth-order valence-electron chi connectivity index (χ4n) is 1.51. The third kappa shape index (κ3) is 2.42. The molecule has 3 nitrogen and oxygen atoms in total. The van der Waals surface area contributed by atoms with E-state index in [0.29, 0.717) is 6.10 Å². The smallest absolute Gasteiger partial charge is 0.0748 e. The lowest BCUT2D eigenvalue weighted by Gasteiger charge is -2.11. The third-order valence-electron chi connectivity index (χ3n) is 2.24. The summed E-state index contributed by atoms with van der Waals surface area (Å²) in [5.74, 6) is 0. The summed E-state index contributed by atoms with van der Waals surface area (Å²) in [5, 5.41) is 3.32. The molecule has 1 aromatic heterocycles. The molecule has 0 bridgehead atoms. The molecule has 2 rings (SSSR count). The van der Waals surface area contributed by atoms with Crippen LogP contribution < -0.4 is 5.32 Å². The van der Waals surface area contributed by atoms with Crippen LogP contribution in [0.1, 0.15) is 12.8 Å². The normalized spacial score (nSPS) is 21.7. The summed E-state index contributed by atoms with van der Waals surface area (Å²) in [6.07, 6.45) is 6.35. The van der Waals surface area contributed by atoms with E-state index < -0.39 is 0 Å². The highest BCUT2D eigenvalue weighted by atomic mass is 16.5. The minimum atomic E-state index is 0.396. The first-order chi connectivity index (χ1) is 6.45. The van der Waals surface area contributed by atoms with E-state index in [1.54, 1.807) is 12.4 Å². The van der Waals surface area contributed by atoms with Crippen molar-refractivity contribution in [2.75, 3.05) is 18.5 Å². The van der Waals surface area contributed by atoms with E-state index in [1.807, 2.05) is 12.1 Å². The van der Waals surface area contributed by atoms with E-state index in [9.17, 15) is 0 Å². The molecule has 0 radical (unpaired) electrons. The van der Waals surface area contributed by atoms with Crippen molar-refractivity contribution < 1.29 is 4.74 Å². The molecular formula is C10H14N2O.